The van der Waals surface area contributed by atoms with Crippen molar-refractivity contribution in [1.82, 2.24) is 9.97 Å². The Morgan fingerprint density at radius 1 is 1.41 bits per heavy atom. The molecule has 3 aromatic rings. The van der Waals surface area contributed by atoms with E-state index in [-0.39, 0.29) is 11.5 Å². The molecule has 0 bridgehead atoms. The van der Waals surface area contributed by atoms with Gasteiger partial charge in [-0.2, -0.15) is 0 Å². The Balaban J connectivity index is 1.53. The molecule has 1 aliphatic carbocycles. The van der Waals surface area contributed by atoms with Gasteiger partial charge in [-0.3, -0.25) is 4.79 Å². The second-order valence-corrected chi connectivity index (χ2v) is 8.23. The number of aryl methyl sites for hydroxylation is 1. The van der Waals surface area contributed by atoms with Crippen molar-refractivity contribution in [2.24, 2.45) is 5.92 Å². The Morgan fingerprint density at radius 3 is 3.04 bits per heavy atom. The molecule has 2 atom stereocenters. The van der Waals surface area contributed by atoms with Crippen LogP contribution in [0.1, 0.15) is 58.7 Å². The highest BCUT2D eigenvalue weighted by molar-refractivity contribution is 7.14. The minimum atomic E-state index is -0.627. The number of benzene rings is 1. The van der Waals surface area contributed by atoms with E-state index in [0.717, 1.165) is 12.8 Å². The fraction of sp³-hybridized carbons (Fsp3) is 0.381. The van der Waals surface area contributed by atoms with Gasteiger partial charge in [0.25, 0.3) is 5.56 Å². The molecule has 2 aromatic heterocycles. The van der Waals surface area contributed by atoms with Crippen LogP contribution in [0.15, 0.2) is 35.1 Å². The number of nitrogens with one attached hydrogen (secondary N) is 1. The summed E-state index contributed by atoms with van der Waals surface area (Å²) in [4.78, 5) is 33.9. The van der Waals surface area contributed by atoms with E-state index in [1.165, 1.54) is 34.6 Å². The molecule has 140 valence electrons. The molecule has 0 radical (unpaired) electrons. The van der Waals surface area contributed by atoms with Crippen molar-refractivity contribution >= 4 is 28.2 Å². The van der Waals surface area contributed by atoms with Crippen LogP contribution in [-0.4, -0.2) is 15.9 Å². The maximum atomic E-state index is 12.6. The van der Waals surface area contributed by atoms with Gasteiger partial charge >= 0.3 is 5.97 Å². The summed E-state index contributed by atoms with van der Waals surface area (Å²) >= 11 is 1.53. The van der Waals surface area contributed by atoms with Gasteiger partial charge in [-0.1, -0.05) is 25.5 Å². The van der Waals surface area contributed by atoms with Gasteiger partial charge < -0.3 is 9.72 Å². The molecule has 0 saturated carbocycles. The molecule has 4 rings (SSSR count). The monoisotopic (exact) mass is 382 g/mol. The predicted octanol–water partition coefficient (Wildman–Crippen LogP) is 4.42. The van der Waals surface area contributed by atoms with E-state index in [1.54, 1.807) is 25.1 Å². The van der Waals surface area contributed by atoms with Crippen molar-refractivity contribution in [2.75, 3.05) is 0 Å². The van der Waals surface area contributed by atoms with Gasteiger partial charge in [0.1, 0.15) is 4.88 Å². The number of thiophene rings is 1. The molecule has 1 aliphatic rings. The standard InChI is InChI=1S/C21H22N2O3S/c1-3-13-8-9-17-14(10-13)11-18(27-17)21(25)26-12(2)19-22-16-7-5-4-6-15(16)20(24)23-19/h4-7,11-13H,3,8-10H2,1-2H3,(H,22,23,24)/t12-,13+/m1/s1. The molecule has 1 N–H and O–H groups in total. The number of aromatic amines is 1. The maximum Gasteiger partial charge on any atom is 0.349 e. The fourth-order valence-electron chi connectivity index (χ4n) is 3.62. The Bertz CT molecular complexity index is 1050. The molecule has 1 aromatic carbocycles. The number of nitrogens with zero attached hydrogens (tertiary/aromatic N) is 1. The smallest absolute Gasteiger partial charge is 0.349 e. The van der Waals surface area contributed by atoms with E-state index in [2.05, 4.69) is 16.9 Å². The zero-order chi connectivity index (χ0) is 19.0. The Morgan fingerprint density at radius 2 is 2.22 bits per heavy atom. The number of H-pyrrole nitrogens is 1. The number of carbonyl (C=O) groups is 1. The SMILES string of the molecule is CC[C@H]1CCc2sc(C(=O)O[C@H](C)c3nc4ccccc4c(=O)[nH]3)cc2C1. The van der Waals surface area contributed by atoms with Gasteiger partial charge in [-0.25, -0.2) is 9.78 Å². The normalized spacial score (nSPS) is 17.5. The van der Waals surface area contributed by atoms with Gasteiger partial charge in [0.2, 0.25) is 0 Å². The van der Waals surface area contributed by atoms with Gasteiger partial charge in [-0.05, 0) is 55.9 Å². The largest absolute Gasteiger partial charge is 0.450 e. The number of para-hydroxylation sites is 1. The van der Waals surface area contributed by atoms with Crippen LogP contribution in [0, 0.1) is 5.92 Å². The lowest BCUT2D eigenvalue weighted by atomic mass is 9.87. The average molecular weight is 382 g/mol. The van der Waals surface area contributed by atoms with Crippen LogP contribution in [0.3, 0.4) is 0 Å². The third-order valence-electron chi connectivity index (χ3n) is 5.26. The van der Waals surface area contributed by atoms with Gasteiger partial charge in [0.15, 0.2) is 11.9 Å². The van der Waals surface area contributed by atoms with E-state index in [0.29, 0.717) is 27.5 Å². The Hall–Kier alpha value is -2.47. The van der Waals surface area contributed by atoms with Crippen molar-refractivity contribution in [3.63, 3.8) is 0 Å². The van der Waals surface area contributed by atoms with Crippen molar-refractivity contribution in [2.45, 2.75) is 45.6 Å². The van der Waals surface area contributed by atoms with Crippen LogP contribution < -0.4 is 5.56 Å². The highest BCUT2D eigenvalue weighted by Gasteiger charge is 2.24. The summed E-state index contributed by atoms with van der Waals surface area (Å²) in [7, 11) is 0. The molecule has 27 heavy (non-hydrogen) atoms. The summed E-state index contributed by atoms with van der Waals surface area (Å²) in [5.41, 5.74) is 1.65. The van der Waals surface area contributed by atoms with Crippen LogP contribution in [-0.2, 0) is 17.6 Å². The van der Waals surface area contributed by atoms with Crippen molar-refractivity contribution in [1.29, 1.82) is 0 Å². The number of esters is 1. The Kier molecular flexibility index (Phi) is 4.83. The molecule has 5 nitrogen and oxygen atoms in total. The number of hydrogen-bond acceptors (Lipinski definition) is 5. The number of carbonyl (C=O) groups excluding carboxylic acids is 1. The van der Waals surface area contributed by atoms with Gasteiger partial charge in [0, 0.05) is 4.88 Å². The zero-order valence-corrected chi connectivity index (χ0v) is 16.3. The van der Waals surface area contributed by atoms with Crippen molar-refractivity contribution in [3.05, 3.63) is 61.8 Å². The van der Waals surface area contributed by atoms with Gasteiger partial charge in [-0.15, -0.1) is 11.3 Å². The summed E-state index contributed by atoms with van der Waals surface area (Å²) in [6.07, 6.45) is 3.83. The Labute approximate surface area is 161 Å². The van der Waals surface area contributed by atoms with E-state index in [1.807, 2.05) is 12.1 Å². The van der Waals surface area contributed by atoms with Crippen LogP contribution in [0.2, 0.25) is 0 Å². The first kappa shape index (κ1) is 17.9. The lowest BCUT2D eigenvalue weighted by molar-refractivity contribution is 0.0326. The molecule has 2 heterocycles. The fourth-order valence-corrected chi connectivity index (χ4v) is 4.71. The minimum Gasteiger partial charge on any atom is -0.450 e. The number of aromatic nitrogens is 2. The maximum absolute atomic E-state index is 12.6. The summed E-state index contributed by atoms with van der Waals surface area (Å²) in [5, 5.41) is 0.524. The van der Waals surface area contributed by atoms with Crippen LogP contribution in [0.25, 0.3) is 10.9 Å². The van der Waals surface area contributed by atoms with Crippen LogP contribution in [0.4, 0.5) is 0 Å². The number of fused-ring (bicyclic) bond motifs is 2. The van der Waals surface area contributed by atoms with Crippen molar-refractivity contribution in [3.8, 4) is 0 Å². The number of rotatable bonds is 4. The van der Waals surface area contributed by atoms with E-state index < -0.39 is 6.10 Å². The second kappa shape index (κ2) is 7.27. The molecule has 6 heteroatoms. The highest BCUT2D eigenvalue weighted by atomic mass is 32.1. The number of hydrogen-bond donors (Lipinski definition) is 1. The lowest BCUT2D eigenvalue weighted by Crippen LogP contribution is -2.17. The molecular weight excluding hydrogens is 360 g/mol. The summed E-state index contributed by atoms with van der Waals surface area (Å²) in [6.45, 7) is 3.95. The van der Waals surface area contributed by atoms with E-state index in [4.69, 9.17) is 4.74 Å². The lowest BCUT2D eigenvalue weighted by Gasteiger charge is -2.19. The first-order valence-corrected chi connectivity index (χ1v) is 10.2. The third kappa shape index (κ3) is 3.54. The van der Waals surface area contributed by atoms with E-state index in [9.17, 15) is 9.59 Å². The zero-order valence-electron chi connectivity index (χ0n) is 15.5. The molecule has 0 fully saturated rings. The molecule has 0 amide bonds. The first-order valence-electron chi connectivity index (χ1n) is 9.36. The molecule has 0 saturated heterocycles. The van der Waals surface area contributed by atoms with Crippen molar-refractivity contribution < 1.29 is 9.53 Å². The van der Waals surface area contributed by atoms with E-state index >= 15 is 0 Å². The van der Waals surface area contributed by atoms with Crippen LogP contribution in [0.5, 0.6) is 0 Å². The molecule has 0 unspecified atom stereocenters. The predicted molar refractivity (Wildman–Crippen MR) is 106 cm³/mol. The average Bonchev–Trinajstić information content (AvgIpc) is 3.11. The first-order chi connectivity index (χ1) is 13.0. The second-order valence-electron chi connectivity index (χ2n) is 7.09. The molecule has 0 spiro atoms. The molecular formula is C21H22N2O3S. The third-order valence-corrected chi connectivity index (χ3v) is 6.48. The summed E-state index contributed by atoms with van der Waals surface area (Å²) in [5.74, 6) is 0.715. The highest BCUT2D eigenvalue weighted by Crippen LogP contribution is 2.34. The van der Waals surface area contributed by atoms with Gasteiger partial charge in [0.05, 0.1) is 10.9 Å². The minimum absolute atomic E-state index is 0.226. The molecule has 0 aliphatic heterocycles. The number of ether oxygens (including phenoxy) is 1. The quantitative estimate of drug-likeness (QED) is 0.678. The van der Waals surface area contributed by atoms with Crippen LogP contribution >= 0.6 is 11.3 Å². The summed E-state index contributed by atoms with van der Waals surface area (Å²) < 4.78 is 5.60. The summed E-state index contributed by atoms with van der Waals surface area (Å²) in [6, 6.07) is 9.11. The topological polar surface area (TPSA) is 72.0 Å².